The van der Waals surface area contributed by atoms with Gasteiger partial charge in [-0.3, -0.25) is 9.69 Å². The number of nitrogens with one attached hydrogen (secondary N) is 3. The van der Waals surface area contributed by atoms with Gasteiger partial charge in [-0.05, 0) is 65.2 Å². The number of nitrogens with two attached hydrogens (primary N) is 2. The lowest BCUT2D eigenvalue weighted by Gasteiger charge is -2.46. The first-order valence-corrected chi connectivity index (χ1v) is 16.5. The topological polar surface area (TPSA) is 149 Å². The van der Waals surface area contributed by atoms with Crippen molar-refractivity contribution in [1.29, 1.82) is 0 Å². The van der Waals surface area contributed by atoms with Gasteiger partial charge in [-0.15, -0.1) is 0 Å². The predicted molar refractivity (Wildman–Crippen MR) is 151 cm³/mol. The van der Waals surface area contributed by atoms with Gasteiger partial charge in [0.15, 0.2) is 0 Å². The molecule has 5 aliphatic rings. The first kappa shape index (κ1) is 31.9. The quantitative estimate of drug-likeness (QED) is 0.189. The van der Waals surface area contributed by atoms with Crippen molar-refractivity contribution in [3.8, 4) is 0 Å². The summed E-state index contributed by atoms with van der Waals surface area (Å²) in [5.41, 5.74) is 11.9. The number of likely N-dealkylation sites (tertiary alicyclic amines) is 1. The molecule has 0 aromatic carbocycles. The second-order valence-corrected chi connectivity index (χ2v) is 14.2. The first-order valence-electron chi connectivity index (χ1n) is 15.0. The Hall–Kier alpha value is -1.00. The van der Waals surface area contributed by atoms with Crippen LogP contribution in [0.5, 0.6) is 0 Å². The monoisotopic (exact) mass is 592 g/mol. The van der Waals surface area contributed by atoms with Crippen LogP contribution in [0.25, 0.3) is 0 Å². The molecule has 0 aromatic heterocycles. The van der Waals surface area contributed by atoms with Crippen LogP contribution >= 0.6 is 0 Å². The predicted octanol–water partition coefficient (Wildman–Crippen LogP) is -1.06. The van der Waals surface area contributed by atoms with Crippen molar-refractivity contribution in [2.75, 3.05) is 58.9 Å². The van der Waals surface area contributed by atoms with Crippen molar-refractivity contribution >= 4 is 15.9 Å². The average Bonchev–Trinajstić information content (AvgIpc) is 3.26. The van der Waals surface area contributed by atoms with E-state index in [-0.39, 0.29) is 19.1 Å². The summed E-state index contributed by atoms with van der Waals surface area (Å²) in [7, 11) is -3.44. The highest BCUT2D eigenvalue weighted by Gasteiger charge is 2.45. The SMILES string of the molecule is CCC(F)CNC(C)C(C(=O)NC1CNCC(F)C1N1CCC(S(=O)(=O)N2CCN3CCC2CC3)CC1)C(N)N. The molecule has 7 N–H and O–H groups in total. The number of halogens is 2. The summed E-state index contributed by atoms with van der Waals surface area (Å²) in [6.45, 7) is 8.23. The molecule has 5 rings (SSSR count). The highest BCUT2D eigenvalue weighted by atomic mass is 32.2. The Morgan fingerprint density at radius 2 is 1.73 bits per heavy atom. The number of hydrogen-bond donors (Lipinski definition) is 5. The highest BCUT2D eigenvalue weighted by molar-refractivity contribution is 7.89. The van der Waals surface area contributed by atoms with E-state index in [1.807, 2.05) is 4.90 Å². The van der Waals surface area contributed by atoms with E-state index in [4.69, 9.17) is 11.5 Å². The third-order valence-electron chi connectivity index (χ3n) is 9.42. The van der Waals surface area contributed by atoms with Crippen LogP contribution in [0.3, 0.4) is 0 Å². The standard InChI is InChI=1S/C26H50F2N8O3S/c1-3-18(27)14-32-17(2)23(25(29)30)26(37)33-22-16-31-15-21(28)24(22)35-10-6-20(7-11-35)40(38,39)36-13-12-34-8-4-19(36)5-9-34/h17-25,31-32H,3-16,29-30H2,1-2H3,(H,33,37). The molecule has 5 aliphatic heterocycles. The second kappa shape index (κ2) is 14.0. The molecule has 2 bridgehead atoms. The van der Waals surface area contributed by atoms with E-state index in [2.05, 4.69) is 20.9 Å². The van der Waals surface area contributed by atoms with E-state index in [9.17, 15) is 17.6 Å². The van der Waals surface area contributed by atoms with Crippen LogP contribution in [0.1, 0.15) is 46.0 Å². The molecular formula is C26H50F2N8O3S. The molecule has 40 heavy (non-hydrogen) atoms. The van der Waals surface area contributed by atoms with Crippen LogP contribution in [-0.4, -0.2) is 135 Å². The minimum Gasteiger partial charge on any atom is -0.350 e. The number of rotatable bonds is 11. The number of piperidine rings is 3. The van der Waals surface area contributed by atoms with Crippen molar-refractivity contribution in [1.82, 2.24) is 30.1 Å². The van der Waals surface area contributed by atoms with Crippen molar-refractivity contribution in [2.45, 2.75) is 93.9 Å². The molecule has 1 amide bonds. The van der Waals surface area contributed by atoms with Gasteiger partial charge < -0.3 is 32.3 Å². The average molecular weight is 593 g/mol. The van der Waals surface area contributed by atoms with Crippen molar-refractivity contribution in [3.05, 3.63) is 0 Å². The van der Waals surface area contributed by atoms with Gasteiger partial charge in [0.05, 0.1) is 29.4 Å². The first-order chi connectivity index (χ1) is 19.0. The fourth-order valence-corrected chi connectivity index (χ4v) is 9.09. The van der Waals surface area contributed by atoms with Crippen LogP contribution in [-0.2, 0) is 14.8 Å². The summed E-state index contributed by atoms with van der Waals surface area (Å²) < 4.78 is 58.2. The molecule has 232 valence electrons. The van der Waals surface area contributed by atoms with Crippen molar-refractivity contribution in [3.63, 3.8) is 0 Å². The van der Waals surface area contributed by atoms with E-state index in [1.54, 1.807) is 18.2 Å². The zero-order valence-electron chi connectivity index (χ0n) is 24.0. The Kier molecular flexibility index (Phi) is 11.2. The fourth-order valence-electron chi connectivity index (χ4n) is 6.94. The number of fused-ring (bicyclic) bond motifs is 4. The van der Waals surface area contributed by atoms with Crippen LogP contribution in [0.15, 0.2) is 0 Å². The molecule has 5 heterocycles. The van der Waals surface area contributed by atoms with E-state index in [1.165, 1.54) is 0 Å². The minimum absolute atomic E-state index is 0.0810. The molecule has 11 nitrogen and oxygen atoms in total. The molecule has 6 unspecified atom stereocenters. The molecule has 5 fully saturated rings. The summed E-state index contributed by atoms with van der Waals surface area (Å²) >= 11 is 0. The van der Waals surface area contributed by atoms with Crippen LogP contribution < -0.4 is 27.4 Å². The lowest BCUT2D eigenvalue weighted by molar-refractivity contribution is -0.128. The number of hydrogen-bond acceptors (Lipinski definition) is 9. The summed E-state index contributed by atoms with van der Waals surface area (Å²) in [5.74, 6) is -1.24. The molecule has 0 radical (unpaired) electrons. The van der Waals surface area contributed by atoms with Gasteiger partial charge >= 0.3 is 0 Å². The minimum atomic E-state index is -3.44. The van der Waals surface area contributed by atoms with Crippen LogP contribution in [0.2, 0.25) is 0 Å². The van der Waals surface area contributed by atoms with Crippen molar-refractivity contribution in [2.24, 2.45) is 17.4 Å². The Balaban J connectivity index is 1.38. The number of sulfonamides is 1. The molecule has 0 aliphatic carbocycles. The third kappa shape index (κ3) is 7.31. The molecule has 6 atom stereocenters. The Bertz CT molecular complexity index is 931. The van der Waals surface area contributed by atoms with Gasteiger partial charge in [-0.25, -0.2) is 17.2 Å². The highest BCUT2D eigenvalue weighted by Crippen LogP contribution is 2.30. The second-order valence-electron chi connectivity index (χ2n) is 12.0. The zero-order valence-corrected chi connectivity index (χ0v) is 24.8. The van der Waals surface area contributed by atoms with E-state index < -0.39 is 63.7 Å². The Labute approximate surface area is 238 Å². The lowest BCUT2D eigenvalue weighted by Crippen LogP contribution is -2.68. The molecule has 5 saturated heterocycles. The lowest BCUT2D eigenvalue weighted by atomic mass is 9.92. The number of nitrogens with zero attached hydrogens (tertiary/aromatic N) is 3. The molecular weight excluding hydrogens is 542 g/mol. The van der Waals surface area contributed by atoms with E-state index in [0.717, 1.165) is 32.5 Å². The van der Waals surface area contributed by atoms with Gasteiger partial charge in [0.25, 0.3) is 0 Å². The smallest absolute Gasteiger partial charge is 0.227 e. The normalized spacial score (nSPS) is 33.4. The Morgan fingerprint density at radius 1 is 1.05 bits per heavy atom. The number of carbonyl (C=O) groups is 1. The van der Waals surface area contributed by atoms with E-state index in [0.29, 0.717) is 45.4 Å². The summed E-state index contributed by atoms with van der Waals surface area (Å²) in [5, 5.41) is 8.56. The third-order valence-corrected chi connectivity index (χ3v) is 11.9. The van der Waals surface area contributed by atoms with Gasteiger partial charge in [0, 0.05) is 44.8 Å². The molecule has 14 heteroatoms. The maximum absolute atomic E-state index is 15.4. The molecule has 0 spiro atoms. The number of amides is 1. The van der Waals surface area contributed by atoms with Gasteiger partial charge in [-0.2, -0.15) is 4.31 Å². The van der Waals surface area contributed by atoms with Crippen molar-refractivity contribution < 1.29 is 22.0 Å². The van der Waals surface area contributed by atoms with Gasteiger partial charge in [0.1, 0.15) is 12.3 Å². The van der Waals surface area contributed by atoms with Crippen LogP contribution in [0, 0.1) is 5.92 Å². The molecule has 0 saturated carbocycles. The number of carbonyl (C=O) groups excluding carboxylic acids is 1. The van der Waals surface area contributed by atoms with E-state index >= 15 is 4.39 Å². The Morgan fingerprint density at radius 3 is 2.35 bits per heavy atom. The van der Waals surface area contributed by atoms with Gasteiger partial charge in [-0.1, -0.05) is 6.92 Å². The maximum Gasteiger partial charge on any atom is 0.227 e. The largest absolute Gasteiger partial charge is 0.350 e. The maximum atomic E-state index is 15.4. The molecule has 0 aromatic rings. The fraction of sp³-hybridized carbons (Fsp3) is 0.962. The summed E-state index contributed by atoms with van der Waals surface area (Å²) in [6, 6.07) is -1.54. The zero-order chi connectivity index (χ0) is 29.0. The summed E-state index contributed by atoms with van der Waals surface area (Å²) in [6.07, 6.45) is -0.270. The summed E-state index contributed by atoms with van der Waals surface area (Å²) in [4.78, 5) is 17.7. The van der Waals surface area contributed by atoms with Gasteiger partial charge in [0.2, 0.25) is 15.9 Å². The van der Waals surface area contributed by atoms with Crippen LogP contribution in [0.4, 0.5) is 8.78 Å². The number of alkyl halides is 2.